The summed E-state index contributed by atoms with van der Waals surface area (Å²) >= 11 is 1.49. The van der Waals surface area contributed by atoms with Gasteiger partial charge in [-0.2, -0.15) is 5.10 Å². The number of hydrogen-bond donors (Lipinski definition) is 1. The lowest BCUT2D eigenvalue weighted by molar-refractivity contribution is 0.147. The van der Waals surface area contributed by atoms with Crippen LogP contribution in [0.2, 0.25) is 0 Å². The molecule has 0 atom stereocenters. The Morgan fingerprint density at radius 1 is 1.14 bits per heavy atom. The van der Waals surface area contributed by atoms with E-state index in [0.717, 1.165) is 48.6 Å². The summed E-state index contributed by atoms with van der Waals surface area (Å²) in [4.78, 5) is 9.11. The summed E-state index contributed by atoms with van der Waals surface area (Å²) in [6, 6.07) is 15.3. The molecule has 7 heteroatoms. The number of aromatic nitrogens is 1. The monoisotopic (exact) mass is 409 g/mol. The molecule has 0 spiro atoms. The second-order valence-corrected chi connectivity index (χ2v) is 8.06. The molecule has 0 saturated carbocycles. The van der Waals surface area contributed by atoms with Gasteiger partial charge < -0.3 is 4.90 Å². The minimum atomic E-state index is -0.187. The zero-order chi connectivity index (χ0) is 20.1. The molecular formula is C22H24FN5S. The molecule has 2 heterocycles. The van der Waals surface area contributed by atoms with Gasteiger partial charge in [-0.15, -0.1) is 11.3 Å². The van der Waals surface area contributed by atoms with E-state index in [4.69, 9.17) is 0 Å². The molecule has 150 valence electrons. The number of nitrogens with zero attached hydrogens (tertiary/aromatic N) is 4. The van der Waals surface area contributed by atoms with Gasteiger partial charge in [-0.05, 0) is 18.7 Å². The van der Waals surface area contributed by atoms with Crippen molar-refractivity contribution in [3.8, 4) is 11.3 Å². The summed E-state index contributed by atoms with van der Waals surface area (Å²) < 4.78 is 14.5. The lowest BCUT2D eigenvalue weighted by Crippen LogP contribution is -2.44. The van der Waals surface area contributed by atoms with Gasteiger partial charge in [-0.25, -0.2) is 9.37 Å². The van der Waals surface area contributed by atoms with Crippen LogP contribution in [0.15, 0.2) is 59.0 Å². The summed E-state index contributed by atoms with van der Waals surface area (Å²) in [7, 11) is 2.12. The summed E-state index contributed by atoms with van der Waals surface area (Å²) in [6.45, 7) is 4.65. The Bertz CT molecular complexity index is 964. The van der Waals surface area contributed by atoms with Crippen LogP contribution < -0.4 is 5.43 Å². The van der Waals surface area contributed by atoms with Crippen LogP contribution in [-0.4, -0.2) is 54.2 Å². The van der Waals surface area contributed by atoms with Crippen LogP contribution >= 0.6 is 11.3 Å². The third-order valence-electron chi connectivity index (χ3n) is 5.01. The number of halogens is 1. The highest BCUT2D eigenvalue weighted by molar-refractivity contribution is 7.14. The lowest BCUT2D eigenvalue weighted by Gasteiger charge is -2.32. The smallest absolute Gasteiger partial charge is 0.203 e. The van der Waals surface area contributed by atoms with Crippen molar-refractivity contribution in [2.24, 2.45) is 5.10 Å². The maximum Gasteiger partial charge on any atom is 0.203 e. The van der Waals surface area contributed by atoms with Gasteiger partial charge in [0.05, 0.1) is 11.9 Å². The quantitative estimate of drug-likeness (QED) is 0.491. The topological polar surface area (TPSA) is 43.8 Å². The van der Waals surface area contributed by atoms with Crippen LogP contribution in [0.1, 0.15) is 11.1 Å². The van der Waals surface area contributed by atoms with Crippen molar-refractivity contribution in [3.63, 3.8) is 0 Å². The normalized spacial score (nSPS) is 15.8. The van der Waals surface area contributed by atoms with Crippen LogP contribution in [0.25, 0.3) is 11.3 Å². The Morgan fingerprint density at radius 3 is 2.69 bits per heavy atom. The van der Waals surface area contributed by atoms with Crippen molar-refractivity contribution < 1.29 is 4.39 Å². The standard InChI is InChI=1S/C22H24FN5S/c1-27-9-11-28(12-10-27)15-19-8-7-17(13-20(19)23)14-24-26-22-25-21(16-29-22)18-5-3-2-4-6-18/h2-8,13-14,16H,9-12,15H2,1H3,(H,25,26). The average Bonchev–Trinajstić information content (AvgIpc) is 3.21. The number of hydrazone groups is 1. The van der Waals surface area contributed by atoms with E-state index in [9.17, 15) is 4.39 Å². The van der Waals surface area contributed by atoms with Crippen LogP contribution in [0, 0.1) is 5.82 Å². The molecule has 0 amide bonds. The average molecular weight is 410 g/mol. The van der Waals surface area contributed by atoms with Gasteiger partial charge in [0, 0.05) is 49.2 Å². The van der Waals surface area contributed by atoms with Crippen LogP contribution in [0.5, 0.6) is 0 Å². The van der Waals surface area contributed by atoms with Crippen molar-refractivity contribution in [2.75, 3.05) is 38.7 Å². The van der Waals surface area contributed by atoms with E-state index in [1.807, 2.05) is 47.8 Å². The molecule has 5 nitrogen and oxygen atoms in total. The fraction of sp³-hybridized carbons (Fsp3) is 0.273. The zero-order valence-corrected chi connectivity index (χ0v) is 17.2. The SMILES string of the molecule is CN1CCN(Cc2ccc(C=NNc3nc(-c4ccccc4)cs3)cc2F)CC1. The van der Waals surface area contributed by atoms with Crippen molar-refractivity contribution in [3.05, 3.63) is 70.9 Å². The van der Waals surface area contributed by atoms with Gasteiger partial charge in [-0.3, -0.25) is 10.3 Å². The van der Waals surface area contributed by atoms with Gasteiger partial charge in [0.2, 0.25) is 5.13 Å². The van der Waals surface area contributed by atoms with E-state index < -0.39 is 0 Å². The van der Waals surface area contributed by atoms with E-state index in [-0.39, 0.29) is 5.82 Å². The summed E-state index contributed by atoms with van der Waals surface area (Å²) in [6.07, 6.45) is 1.62. The molecule has 1 aliphatic rings. The molecule has 1 N–H and O–H groups in total. The molecule has 2 aromatic carbocycles. The highest BCUT2D eigenvalue weighted by atomic mass is 32.1. The minimum absolute atomic E-state index is 0.187. The molecule has 3 aromatic rings. The first-order valence-corrected chi connectivity index (χ1v) is 10.5. The molecule has 1 aromatic heterocycles. The summed E-state index contributed by atoms with van der Waals surface area (Å²) in [5.41, 5.74) is 6.36. The maximum atomic E-state index is 14.5. The Morgan fingerprint density at radius 2 is 1.93 bits per heavy atom. The Kier molecular flexibility index (Phi) is 6.29. The number of thiazole rings is 1. The molecule has 0 bridgehead atoms. The molecule has 29 heavy (non-hydrogen) atoms. The molecular weight excluding hydrogens is 385 g/mol. The fourth-order valence-corrected chi connectivity index (χ4v) is 3.92. The third-order valence-corrected chi connectivity index (χ3v) is 5.76. The largest absolute Gasteiger partial charge is 0.304 e. The van der Waals surface area contributed by atoms with E-state index in [1.165, 1.54) is 17.4 Å². The molecule has 1 aliphatic heterocycles. The number of benzene rings is 2. The van der Waals surface area contributed by atoms with Crippen LogP contribution in [0.4, 0.5) is 9.52 Å². The van der Waals surface area contributed by atoms with Gasteiger partial charge in [0.1, 0.15) is 5.82 Å². The molecule has 1 fully saturated rings. The van der Waals surface area contributed by atoms with Crippen molar-refractivity contribution in [1.29, 1.82) is 0 Å². The second kappa shape index (κ2) is 9.26. The zero-order valence-electron chi connectivity index (χ0n) is 16.4. The van der Waals surface area contributed by atoms with Crippen molar-refractivity contribution >= 4 is 22.7 Å². The van der Waals surface area contributed by atoms with Crippen LogP contribution in [-0.2, 0) is 6.54 Å². The van der Waals surface area contributed by atoms with E-state index >= 15 is 0 Å². The van der Waals surface area contributed by atoms with Crippen LogP contribution in [0.3, 0.4) is 0 Å². The first-order valence-electron chi connectivity index (χ1n) is 9.67. The highest BCUT2D eigenvalue weighted by Crippen LogP contribution is 2.24. The van der Waals surface area contributed by atoms with Gasteiger partial charge in [-0.1, -0.05) is 42.5 Å². The molecule has 0 radical (unpaired) electrons. The second-order valence-electron chi connectivity index (χ2n) is 7.20. The number of anilines is 1. The Labute approximate surface area is 174 Å². The number of piperazine rings is 1. The lowest BCUT2D eigenvalue weighted by atomic mass is 10.1. The predicted molar refractivity (Wildman–Crippen MR) is 118 cm³/mol. The first-order chi connectivity index (χ1) is 14.2. The van der Waals surface area contributed by atoms with E-state index in [1.54, 1.807) is 6.21 Å². The highest BCUT2D eigenvalue weighted by Gasteiger charge is 2.15. The van der Waals surface area contributed by atoms with Crippen molar-refractivity contribution in [1.82, 2.24) is 14.8 Å². The molecule has 0 unspecified atom stereocenters. The van der Waals surface area contributed by atoms with E-state index in [2.05, 4.69) is 32.4 Å². The minimum Gasteiger partial charge on any atom is -0.304 e. The molecule has 1 saturated heterocycles. The first kappa shape index (κ1) is 19.7. The van der Waals surface area contributed by atoms with Gasteiger partial charge >= 0.3 is 0 Å². The number of rotatable bonds is 6. The summed E-state index contributed by atoms with van der Waals surface area (Å²) in [5.74, 6) is -0.187. The number of likely N-dealkylation sites (N-methyl/N-ethyl adjacent to an activating group) is 1. The van der Waals surface area contributed by atoms with Gasteiger partial charge in [0.15, 0.2) is 0 Å². The van der Waals surface area contributed by atoms with Gasteiger partial charge in [0.25, 0.3) is 0 Å². The maximum absolute atomic E-state index is 14.5. The van der Waals surface area contributed by atoms with Crippen molar-refractivity contribution in [2.45, 2.75) is 6.54 Å². The Hall–Kier alpha value is -2.61. The fourth-order valence-electron chi connectivity index (χ4n) is 3.25. The molecule has 0 aliphatic carbocycles. The van der Waals surface area contributed by atoms with E-state index in [0.29, 0.717) is 11.7 Å². The molecule has 4 rings (SSSR count). The summed E-state index contributed by atoms with van der Waals surface area (Å²) in [5, 5.41) is 6.89. The number of nitrogens with one attached hydrogen (secondary N) is 1. The third kappa shape index (κ3) is 5.26. The Balaban J connectivity index is 1.34. The predicted octanol–water partition coefficient (Wildman–Crippen LogP) is 4.14. The number of hydrogen-bond acceptors (Lipinski definition) is 6.